The van der Waals surface area contributed by atoms with E-state index in [1.54, 1.807) is 24.3 Å². The zero-order chi connectivity index (χ0) is 39.2. The van der Waals surface area contributed by atoms with Crippen LogP contribution in [-0.4, -0.2) is 82.1 Å². The van der Waals surface area contributed by atoms with Gasteiger partial charge in [0.2, 0.25) is 21.8 Å². The summed E-state index contributed by atoms with van der Waals surface area (Å²) in [4.78, 5) is 76.7. The number of para-hydroxylation sites is 1. The molecule has 14 nitrogen and oxygen atoms in total. The van der Waals surface area contributed by atoms with Crippen molar-refractivity contribution < 1.29 is 37.1 Å². The SMILES string of the molecule is C=C[C@@H]1C[C@]1(NC(=O)[C@@H]1C[C@@H]2CN1C(=O)[C@H](C1CCCC1)CC(=O)O[C@@H]1CCC[C@H]1CC/C=C/Cn1c(nc3ccccc3c1=O)O2)C(=O)NS(=O)(=O)C1CC1. The molecule has 2 aliphatic heterocycles. The zero-order valence-electron chi connectivity index (χ0n) is 31.6. The van der Waals surface area contributed by atoms with Crippen LogP contribution < -0.4 is 20.3 Å². The maximum absolute atomic E-state index is 14.9. The van der Waals surface area contributed by atoms with Crippen LogP contribution in [0, 0.1) is 23.7 Å². The van der Waals surface area contributed by atoms with Gasteiger partial charge in [-0.25, -0.2) is 8.42 Å². The van der Waals surface area contributed by atoms with E-state index in [2.05, 4.69) is 16.6 Å². The normalized spacial score (nSPS) is 32.0. The topological polar surface area (TPSA) is 183 Å². The van der Waals surface area contributed by atoms with Crippen LogP contribution in [0.2, 0.25) is 0 Å². The first-order valence-corrected chi connectivity index (χ1v) is 21.8. The van der Waals surface area contributed by atoms with Crippen molar-refractivity contribution >= 4 is 44.6 Å². The number of nitrogens with one attached hydrogen (secondary N) is 2. The summed E-state index contributed by atoms with van der Waals surface area (Å²) in [5.41, 5.74) is -1.40. The molecule has 0 spiro atoms. The summed E-state index contributed by atoms with van der Waals surface area (Å²) >= 11 is 0. The molecule has 2 N–H and O–H groups in total. The molecule has 8 rings (SSSR count). The predicted molar refractivity (Wildman–Crippen MR) is 205 cm³/mol. The molecule has 1 aromatic heterocycles. The van der Waals surface area contributed by atoms with E-state index in [9.17, 15) is 32.4 Å². The number of esters is 1. The molecule has 4 saturated carbocycles. The molecular formula is C41H51N5O9S. The minimum atomic E-state index is -3.91. The van der Waals surface area contributed by atoms with Gasteiger partial charge in [-0.15, -0.1) is 6.58 Å². The standard InChI is InChI=1S/C41H51N5O9S/c1-2-27-23-41(27,39(51)44-56(52,53)29-18-19-29)43-36(48)33-21-28-24-46(33)38(50)31(25-11-5-6-12-25)22-35(47)55-34-17-10-14-26(34)13-4-3-9-20-45-37(49)30-15-7-8-16-32(30)42-40(45)54-28/h2-3,7-9,15-16,25-29,31,33-34H,1,4-6,10-14,17-24H2,(H,43,48)(H,44,51)/b9-3+/t26-,27-,28-,31+,33+,34-,41-/m1/s1. The van der Waals surface area contributed by atoms with Crippen molar-refractivity contribution in [3.8, 4) is 6.01 Å². The Labute approximate surface area is 326 Å². The van der Waals surface area contributed by atoms with Gasteiger partial charge in [0.15, 0.2) is 0 Å². The Hall–Kier alpha value is -4.53. The van der Waals surface area contributed by atoms with Crippen molar-refractivity contribution in [1.29, 1.82) is 0 Å². The van der Waals surface area contributed by atoms with Crippen LogP contribution in [0.3, 0.4) is 0 Å². The van der Waals surface area contributed by atoms with Gasteiger partial charge in [-0.2, -0.15) is 4.98 Å². The van der Waals surface area contributed by atoms with Crippen molar-refractivity contribution in [2.45, 2.75) is 125 Å². The summed E-state index contributed by atoms with van der Waals surface area (Å²) in [6.07, 6.45) is 12.9. The summed E-state index contributed by atoms with van der Waals surface area (Å²) in [5.74, 6) is -3.43. The number of hydrogen-bond donors (Lipinski definition) is 2. The highest BCUT2D eigenvalue weighted by molar-refractivity contribution is 7.91. The Kier molecular flexibility index (Phi) is 10.6. The molecule has 3 heterocycles. The molecule has 56 heavy (non-hydrogen) atoms. The van der Waals surface area contributed by atoms with Crippen molar-refractivity contribution in [2.24, 2.45) is 23.7 Å². The van der Waals surface area contributed by atoms with E-state index in [1.165, 1.54) is 15.5 Å². The average Bonchev–Trinajstić information content (AvgIpc) is 3.96. The fourth-order valence-electron chi connectivity index (χ4n) is 9.46. The van der Waals surface area contributed by atoms with Gasteiger partial charge >= 0.3 is 5.97 Å². The number of benzene rings is 1. The van der Waals surface area contributed by atoms with Gasteiger partial charge < -0.3 is 19.7 Å². The summed E-state index contributed by atoms with van der Waals surface area (Å²) < 4.78 is 41.8. The third-order valence-corrected chi connectivity index (χ3v) is 14.7. The molecule has 1 saturated heterocycles. The molecule has 4 aliphatic carbocycles. The maximum Gasteiger partial charge on any atom is 0.306 e. The largest absolute Gasteiger partial charge is 0.462 e. The lowest BCUT2D eigenvalue weighted by molar-refractivity contribution is -0.156. The van der Waals surface area contributed by atoms with Crippen LogP contribution in [0.5, 0.6) is 6.01 Å². The molecule has 0 radical (unpaired) electrons. The highest BCUT2D eigenvalue weighted by Crippen LogP contribution is 2.46. The lowest BCUT2D eigenvalue weighted by Crippen LogP contribution is -2.57. The summed E-state index contributed by atoms with van der Waals surface area (Å²) in [5, 5.41) is 2.62. The molecule has 300 valence electrons. The van der Waals surface area contributed by atoms with E-state index in [-0.39, 0.29) is 67.8 Å². The molecule has 2 bridgehead atoms. The molecule has 5 fully saturated rings. The number of carbonyl (C=O) groups excluding carboxylic acids is 4. The van der Waals surface area contributed by atoms with E-state index < -0.39 is 62.6 Å². The lowest BCUT2D eigenvalue weighted by Gasteiger charge is -2.32. The number of hydrogen-bond acceptors (Lipinski definition) is 10. The summed E-state index contributed by atoms with van der Waals surface area (Å²) in [6, 6.07) is 5.92. The molecule has 6 aliphatic rings. The first-order chi connectivity index (χ1) is 27.0. The predicted octanol–water partition coefficient (Wildman–Crippen LogP) is 3.67. The lowest BCUT2D eigenvalue weighted by atomic mass is 9.86. The van der Waals surface area contributed by atoms with Crippen LogP contribution in [0.1, 0.15) is 89.9 Å². The number of sulfonamides is 1. The van der Waals surface area contributed by atoms with Crippen LogP contribution in [0.15, 0.2) is 53.9 Å². The second kappa shape index (κ2) is 15.4. The van der Waals surface area contributed by atoms with Crippen LogP contribution in [0.25, 0.3) is 10.9 Å². The fraction of sp³-hybridized carbons (Fsp3) is 0.610. The Morgan fingerprint density at radius 2 is 1.71 bits per heavy atom. The number of fused-ring (bicyclic) bond motifs is 5. The van der Waals surface area contributed by atoms with E-state index in [1.807, 2.05) is 12.2 Å². The van der Waals surface area contributed by atoms with Crippen LogP contribution in [-0.2, 0) is 40.5 Å². The van der Waals surface area contributed by atoms with Gasteiger partial charge in [0.25, 0.3) is 17.5 Å². The van der Waals surface area contributed by atoms with E-state index in [0.717, 1.165) is 57.8 Å². The van der Waals surface area contributed by atoms with Gasteiger partial charge in [0.05, 0.1) is 35.0 Å². The van der Waals surface area contributed by atoms with Crippen molar-refractivity contribution in [3.05, 3.63) is 59.4 Å². The van der Waals surface area contributed by atoms with E-state index in [4.69, 9.17) is 14.5 Å². The van der Waals surface area contributed by atoms with Gasteiger partial charge in [0, 0.05) is 18.9 Å². The van der Waals surface area contributed by atoms with Gasteiger partial charge in [-0.05, 0) is 88.2 Å². The highest BCUT2D eigenvalue weighted by Gasteiger charge is 2.62. The minimum absolute atomic E-state index is 0.00146. The van der Waals surface area contributed by atoms with E-state index >= 15 is 0 Å². The Morgan fingerprint density at radius 1 is 0.946 bits per heavy atom. The first-order valence-electron chi connectivity index (χ1n) is 20.3. The number of aromatic nitrogens is 2. The molecular weight excluding hydrogens is 739 g/mol. The van der Waals surface area contributed by atoms with Crippen molar-refractivity contribution in [3.63, 3.8) is 0 Å². The zero-order valence-corrected chi connectivity index (χ0v) is 32.4. The van der Waals surface area contributed by atoms with Gasteiger partial charge in [-0.3, -0.25) is 33.3 Å². The monoisotopic (exact) mass is 789 g/mol. The van der Waals surface area contributed by atoms with Crippen LogP contribution in [0.4, 0.5) is 0 Å². The first kappa shape index (κ1) is 38.3. The quantitative estimate of drug-likeness (QED) is 0.310. The fourth-order valence-corrected chi connectivity index (χ4v) is 10.8. The Morgan fingerprint density at radius 3 is 2.46 bits per heavy atom. The second-order valence-electron chi connectivity index (χ2n) is 16.6. The average molecular weight is 790 g/mol. The molecule has 3 amide bonds. The van der Waals surface area contributed by atoms with Gasteiger partial charge in [-0.1, -0.05) is 43.2 Å². The Bertz CT molecular complexity index is 2110. The molecule has 15 heteroatoms. The number of carbonyl (C=O) groups is 4. The smallest absolute Gasteiger partial charge is 0.306 e. The third-order valence-electron chi connectivity index (χ3n) is 12.9. The minimum Gasteiger partial charge on any atom is -0.462 e. The molecule has 0 unspecified atom stereocenters. The molecule has 2 aromatic rings. The summed E-state index contributed by atoms with van der Waals surface area (Å²) in [6.45, 7) is 3.94. The summed E-state index contributed by atoms with van der Waals surface area (Å²) in [7, 11) is -3.91. The molecule has 7 atom stereocenters. The Balaban J connectivity index is 1.14. The number of nitrogens with zero attached hydrogens (tertiary/aromatic N) is 3. The second-order valence-corrected chi connectivity index (χ2v) is 18.6. The number of allylic oxidation sites excluding steroid dienone is 2. The maximum atomic E-state index is 14.9. The van der Waals surface area contributed by atoms with Gasteiger partial charge in [0.1, 0.15) is 23.8 Å². The van der Waals surface area contributed by atoms with Crippen molar-refractivity contribution in [1.82, 2.24) is 24.5 Å². The highest BCUT2D eigenvalue weighted by atomic mass is 32.2. The third kappa shape index (κ3) is 7.62. The van der Waals surface area contributed by atoms with Crippen molar-refractivity contribution in [2.75, 3.05) is 6.54 Å². The van der Waals surface area contributed by atoms with Crippen LogP contribution >= 0.6 is 0 Å². The number of rotatable bonds is 7. The number of amides is 3. The number of ether oxygens (including phenoxy) is 2. The molecule has 1 aromatic carbocycles. The van der Waals surface area contributed by atoms with E-state index in [0.29, 0.717) is 23.7 Å².